The van der Waals surface area contributed by atoms with Gasteiger partial charge in [-0.25, -0.2) is 0 Å². The lowest BCUT2D eigenvalue weighted by atomic mass is 10.1. The van der Waals surface area contributed by atoms with Gasteiger partial charge in [-0.1, -0.05) is 48.3 Å². The molecule has 104 valence electrons. The maximum absolute atomic E-state index is 12.0. The summed E-state index contributed by atoms with van der Waals surface area (Å²) in [5, 5.41) is 6.79. The Balaban J connectivity index is 1.62. The summed E-state index contributed by atoms with van der Waals surface area (Å²) < 4.78 is 5.23. The Morgan fingerprint density at radius 3 is 2.75 bits per heavy atom. The van der Waals surface area contributed by atoms with Gasteiger partial charge in [-0.2, -0.15) is 0 Å². The summed E-state index contributed by atoms with van der Waals surface area (Å²) in [6.45, 7) is 0.742. The fraction of sp³-hybridized carbons (Fsp3) is 0.375. The first kappa shape index (κ1) is 12.9. The third kappa shape index (κ3) is 2.90. The molecule has 3 rings (SSSR count). The van der Waals surface area contributed by atoms with E-state index in [1.807, 2.05) is 30.3 Å². The van der Waals surface area contributed by atoms with Crippen molar-refractivity contribution >= 4 is 5.91 Å². The molecule has 0 bridgehead atoms. The molecular formula is C16H18N2O2. The van der Waals surface area contributed by atoms with Crippen molar-refractivity contribution in [3.8, 4) is 11.3 Å². The van der Waals surface area contributed by atoms with Gasteiger partial charge in [0.25, 0.3) is 5.91 Å². The van der Waals surface area contributed by atoms with E-state index in [-0.39, 0.29) is 5.91 Å². The lowest BCUT2D eigenvalue weighted by molar-refractivity contribution is 0.0938. The second-order valence-electron chi connectivity index (χ2n) is 5.30. The molecule has 1 aliphatic carbocycles. The first-order valence-corrected chi connectivity index (χ1v) is 7.13. The van der Waals surface area contributed by atoms with Gasteiger partial charge < -0.3 is 9.84 Å². The minimum Gasteiger partial charge on any atom is -0.355 e. The van der Waals surface area contributed by atoms with Crippen molar-refractivity contribution in [3.63, 3.8) is 0 Å². The molecule has 4 heteroatoms. The predicted octanol–water partition coefficient (Wildman–Crippen LogP) is 3.26. The number of carbonyl (C=O) groups is 1. The Morgan fingerprint density at radius 2 is 2.00 bits per heavy atom. The zero-order chi connectivity index (χ0) is 13.8. The topological polar surface area (TPSA) is 55.1 Å². The maximum atomic E-state index is 12.0. The Hall–Kier alpha value is -2.10. The molecule has 0 spiro atoms. The third-order valence-corrected chi connectivity index (χ3v) is 3.83. The number of hydrogen-bond donors (Lipinski definition) is 1. The van der Waals surface area contributed by atoms with Gasteiger partial charge in [-0.05, 0) is 18.8 Å². The lowest BCUT2D eigenvalue weighted by Crippen LogP contribution is -2.28. The molecule has 0 radical (unpaired) electrons. The fourth-order valence-corrected chi connectivity index (χ4v) is 2.66. The van der Waals surface area contributed by atoms with E-state index < -0.39 is 0 Å². The minimum atomic E-state index is -0.150. The SMILES string of the molecule is O=C(NCC1CCCC1)c1cc(-c2ccccc2)on1. The van der Waals surface area contributed by atoms with Crippen LogP contribution in [0.5, 0.6) is 0 Å². The van der Waals surface area contributed by atoms with Crippen molar-refractivity contribution in [1.29, 1.82) is 0 Å². The third-order valence-electron chi connectivity index (χ3n) is 3.83. The number of carbonyl (C=O) groups excluding carboxylic acids is 1. The molecule has 0 atom stereocenters. The van der Waals surface area contributed by atoms with Crippen LogP contribution in [0.3, 0.4) is 0 Å². The van der Waals surface area contributed by atoms with Crippen LogP contribution < -0.4 is 5.32 Å². The standard InChI is InChI=1S/C16H18N2O2/c19-16(17-11-12-6-4-5-7-12)14-10-15(20-18-14)13-8-2-1-3-9-13/h1-3,8-10,12H,4-7,11H2,(H,17,19). The van der Waals surface area contributed by atoms with Crippen molar-refractivity contribution in [2.24, 2.45) is 5.92 Å². The molecule has 1 aromatic heterocycles. The molecule has 4 nitrogen and oxygen atoms in total. The number of aromatic nitrogens is 1. The molecular weight excluding hydrogens is 252 g/mol. The van der Waals surface area contributed by atoms with Crippen molar-refractivity contribution in [2.75, 3.05) is 6.54 Å². The Kier molecular flexibility index (Phi) is 3.81. The Bertz CT molecular complexity index is 571. The summed E-state index contributed by atoms with van der Waals surface area (Å²) in [6, 6.07) is 11.4. The van der Waals surface area contributed by atoms with Crippen LogP contribution in [0.1, 0.15) is 36.2 Å². The smallest absolute Gasteiger partial charge is 0.273 e. The molecule has 1 fully saturated rings. The van der Waals surface area contributed by atoms with Crippen LogP contribution >= 0.6 is 0 Å². The van der Waals surface area contributed by atoms with Gasteiger partial charge in [0.05, 0.1) is 0 Å². The van der Waals surface area contributed by atoms with Gasteiger partial charge >= 0.3 is 0 Å². The molecule has 1 saturated carbocycles. The van der Waals surface area contributed by atoms with Crippen molar-refractivity contribution in [2.45, 2.75) is 25.7 Å². The van der Waals surface area contributed by atoms with Crippen molar-refractivity contribution in [3.05, 3.63) is 42.1 Å². The highest BCUT2D eigenvalue weighted by molar-refractivity contribution is 5.93. The van der Waals surface area contributed by atoms with Crippen LogP contribution in [0.15, 0.2) is 40.9 Å². The summed E-state index contributed by atoms with van der Waals surface area (Å²) in [4.78, 5) is 12.0. The summed E-state index contributed by atoms with van der Waals surface area (Å²) in [7, 11) is 0. The zero-order valence-corrected chi connectivity index (χ0v) is 11.3. The van der Waals surface area contributed by atoms with E-state index in [4.69, 9.17) is 4.52 Å². The van der Waals surface area contributed by atoms with Crippen LogP contribution in [0.25, 0.3) is 11.3 Å². The van der Waals surface area contributed by atoms with Gasteiger partial charge in [-0.3, -0.25) is 4.79 Å². The fourth-order valence-electron chi connectivity index (χ4n) is 2.66. The monoisotopic (exact) mass is 270 g/mol. The highest BCUT2D eigenvalue weighted by atomic mass is 16.5. The number of amides is 1. The molecule has 0 aliphatic heterocycles. The van der Waals surface area contributed by atoms with Crippen LogP contribution in [-0.2, 0) is 0 Å². The maximum Gasteiger partial charge on any atom is 0.273 e. The van der Waals surface area contributed by atoms with E-state index in [9.17, 15) is 4.79 Å². The van der Waals surface area contributed by atoms with E-state index in [1.165, 1.54) is 25.7 Å². The van der Waals surface area contributed by atoms with Crippen molar-refractivity contribution in [1.82, 2.24) is 10.5 Å². The van der Waals surface area contributed by atoms with Gasteiger partial charge in [0.2, 0.25) is 0 Å². The van der Waals surface area contributed by atoms with Crippen LogP contribution in [0.4, 0.5) is 0 Å². The number of benzene rings is 1. The van der Waals surface area contributed by atoms with E-state index in [0.29, 0.717) is 17.4 Å². The van der Waals surface area contributed by atoms with Crippen LogP contribution in [0, 0.1) is 5.92 Å². The Labute approximate surface area is 118 Å². The second kappa shape index (κ2) is 5.90. The average Bonchev–Trinajstić information content (AvgIpc) is 3.17. The summed E-state index contributed by atoms with van der Waals surface area (Å²) in [5.41, 5.74) is 1.27. The number of rotatable bonds is 4. The lowest BCUT2D eigenvalue weighted by Gasteiger charge is -2.08. The number of nitrogens with one attached hydrogen (secondary N) is 1. The first-order valence-electron chi connectivity index (χ1n) is 7.13. The molecule has 1 N–H and O–H groups in total. The van der Waals surface area contributed by atoms with Gasteiger partial charge in [0, 0.05) is 18.2 Å². The molecule has 1 aromatic carbocycles. The van der Waals surface area contributed by atoms with E-state index in [2.05, 4.69) is 10.5 Å². The summed E-state index contributed by atoms with van der Waals surface area (Å²) in [5.74, 6) is 1.10. The second-order valence-corrected chi connectivity index (χ2v) is 5.30. The average molecular weight is 270 g/mol. The predicted molar refractivity (Wildman–Crippen MR) is 76.2 cm³/mol. The van der Waals surface area contributed by atoms with E-state index in [1.54, 1.807) is 6.07 Å². The molecule has 2 aromatic rings. The highest BCUT2D eigenvalue weighted by Gasteiger charge is 2.18. The normalized spacial score (nSPS) is 15.4. The molecule has 20 heavy (non-hydrogen) atoms. The Morgan fingerprint density at radius 1 is 1.25 bits per heavy atom. The first-order chi connectivity index (χ1) is 9.83. The largest absolute Gasteiger partial charge is 0.355 e. The molecule has 1 aliphatic rings. The van der Waals surface area contributed by atoms with Crippen molar-refractivity contribution < 1.29 is 9.32 Å². The minimum absolute atomic E-state index is 0.150. The molecule has 1 amide bonds. The van der Waals surface area contributed by atoms with Crippen LogP contribution in [-0.4, -0.2) is 17.6 Å². The summed E-state index contributed by atoms with van der Waals surface area (Å²) >= 11 is 0. The van der Waals surface area contributed by atoms with Gasteiger partial charge in [0.1, 0.15) is 0 Å². The number of nitrogens with zero attached hydrogens (tertiary/aromatic N) is 1. The molecule has 0 saturated heterocycles. The van der Waals surface area contributed by atoms with Gasteiger partial charge in [-0.15, -0.1) is 0 Å². The van der Waals surface area contributed by atoms with Gasteiger partial charge in [0.15, 0.2) is 11.5 Å². The van der Waals surface area contributed by atoms with E-state index in [0.717, 1.165) is 12.1 Å². The quantitative estimate of drug-likeness (QED) is 0.927. The number of hydrogen-bond acceptors (Lipinski definition) is 3. The van der Waals surface area contributed by atoms with Crippen LogP contribution in [0.2, 0.25) is 0 Å². The highest BCUT2D eigenvalue weighted by Crippen LogP contribution is 2.24. The molecule has 0 unspecified atom stereocenters. The zero-order valence-electron chi connectivity index (χ0n) is 11.3. The summed E-state index contributed by atoms with van der Waals surface area (Å²) in [6.07, 6.45) is 4.99. The molecule has 1 heterocycles. The van der Waals surface area contributed by atoms with E-state index >= 15 is 0 Å².